The van der Waals surface area contributed by atoms with Crippen molar-refractivity contribution >= 4 is 22.4 Å². The SMILES string of the molecule is CCCCCCCCCCCCCCNc1c2c(nc3ccccc13)CC(C)(C)CC2=O. The molecule has 3 rings (SSSR count). The highest BCUT2D eigenvalue weighted by Crippen LogP contribution is 2.39. The number of nitrogens with one attached hydrogen (secondary N) is 1. The summed E-state index contributed by atoms with van der Waals surface area (Å²) >= 11 is 0. The molecule has 3 heteroatoms. The number of carbonyl (C=O) groups is 1. The molecule has 0 saturated heterocycles. The normalized spacial score (nSPS) is 15.2. The Morgan fingerprint density at radius 2 is 1.44 bits per heavy atom. The molecule has 2 aromatic rings. The van der Waals surface area contributed by atoms with E-state index in [0.29, 0.717) is 6.42 Å². The molecule has 0 spiro atoms. The molecule has 0 unspecified atom stereocenters. The van der Waals surface area contributed by atoms with E-state index in [0.717, 1.165) is 47.2 Å². The van der Waals surface area contributed by atoms with Crippen molar-refractivity contribution in [3.8, 4) is 0 Å². The highest BCUT2D eigenvalue weighted by molar-refractivity contribution is 6.10. The van der Waals surface area contributed by atoms with Crippen LogP contribution in [0.25, 0.3) is 10.9 Å². The highest BCUT2D eigenvalue weighted by atomic mass is 16.1. The predicted octanol–water partition coefficient (Wildman–Crippen LogP) is 8.50. The Bertz CT molecular complexity index is 871. The summed E-state index contributed by atoms with van der Waals surface area (Å²) in [7, 11) is 0. The van der Waals surface area contributed by atoms with E-state index in [2.05, 4.69) is 38.2 Å². The Morgan fingerprint density at radius 3 is 2.09 bits per heavy atom. The maximum atomic E-state index is 13.0. The van der Waals surface area contributed by atoms with Gasteiger partial charge in [-0.25, -0.2) is 0 Å². The minimum atomic E-state index is -0.00762. The lowest BCUT2D eigenvalue weighted by molar-refractivity contribution is 0.0911. The molecule has 0 atom stereocenters. The van der Waals surface area contributed by atoms with E-state index in [4.69, 9.17) is 4.98 Å². The minimum absolute atomic E-state index is 0.00762. The van der Waals surface area contributed by atoms with Crippen LogP contribution < -0.4 is 5.32 Å². The summed E-state index contributed by atoms with van der Waals surface area (Å²) in [4.78, 5) is 17.9. The maximum absolute atomic E-state index is 13.0. The van der Waals surface area contributed by atoms with E-state index in [1.165, 1.54) is 70.6 Å². The summed E-state index contributed by atoms with van der Waals surface area (Å²) in [6.45, 7) is 7.55. The van der Waals surface area contributed by atoms with Crippen molar-refractivity contribution in [1.29, 1.82) is 0 Å². The zero-order valence-electron chi connectivity index (χ0n) is 20.8. The van der Waals surface area contributed by atoms with Gasteiger partial charge in [0.15, 0.2) is 5.78 Å². The van der Waals surface area contributed by atoms with Crippen LogP contribution >= 0.6 is 0 Å². The summed E-state index contributed by atoms with van der Waals surface area (Å²) in [6, 6.07) is 8.24. The van der Waals surface area contributed by atoms with Crippen molar-refractivity contribution in [2.24, 2.45) is 5.41 Å². The van der Waals surface area contributed by atoms with Gasteiger partial charge in [-0.2, -0.15) is 0 Å². The number of benzene rings is 1. The number of aromatic nitrogens is 1. The van der Waals surface area contributed by atoms with E-state index >= 15 is 0 Å². The molecule has 0 radical (unpaired) electrons. The summed E-state index contributed by atoms with van der Waals surface area (Å²) < 4.78 is 0. The molecule has 1 heterocycles. The van der Waals surface area contributed by atoms with Crippen LogP contribution in [0, 0.1) is 5.41 Å². The lowest BCUT2D eigenvalue weighted by atomic mass is 9.75. The highest BCUT2D eigenvalue weighted by Gasteiger charge is 2.34. The van der Waals surface area contributed by atoms with Gasteiger partial charge in [-0.15, -0.1) is 0 Å². The van der Waals surface area contributed by atoms with Gasteiger partial charge in [0.25, 0.3) is 0 Å². The first-order chi connectivity index (χ1) is 15.5. The molecule has 1 N–H and O–H groups in total. The molecule has 0 bridgehead atoms. The molecule has 0 amide bonds. The van der Waals surface area contributed by atoms with Gasteiger partial charge in [-0.05, 0) is 24.3 Å². The van der Waals surface area contributed by atoms with Crippen molar-refractivity contribution < 1.29 is 4.79 Å². The van der Waals surface area contributed by atoms with E-state index in [1.807, 2.05) is 12.1 Å². The first-order valence-corrected chi connectivity index (χ1v) is 13.2. The number of carbonyl (C=O) groups excluding carboxylic acids is 1. The molecule has 3 nitrogen and oxygen atoms in total. The van der Waals surface area contributed by atoms with Crippen molar-refractivity contribution in [3.05, 3.63) is 35.5 Å². The topological polar surface area (TPSA) is 42.0 Å². The monoisotopic (exact) mass is 436 g/mol. The number of pyridine rings is 1. The fourth-order valence-electron chi connectivity index (χ4n) is 5.09. The van der Waals surface area contributed by atoms with Crippen molar-refractivity contribution in [3.63, 3.8) is 0 Å². The fraction of sp³-hybridized carbons (Fsp3) is 0.655. The second-order valence-electron chi connectivity index (χ2n) is 10.6. The van der Waals surface area contributed by atoms with Gasteiger partial charge in [0.1, 0.15) is 0 Å². The first-order valence-electron chi connectivity index (χ1n) is 13.2. The number of para-hydroxylation sites is 1. The summed E-state index contributed by atoms with van der Waals surface area (Å²) in [5, 5.41) is 4.73. The van der Waals surface area contributed by atoms with Crippen molar-refractivity contribution in [1.82, 2.24) is 4.98 Å². The second kappa shape index (κ2) is 12.4. The molecule has 32 heavy (non-hydrogen) atoms. The zero-order chi connectivity index (χ0) is 22.8. The second-order valence-corrected chi connectivity index (χ2v) is 10.6. The number of ketones is 1. The number of fused-ring (bicyclic) bond motifs is 2. The number of anilines is 1. The van der Waals surface area contributed by atoms with Gasteiger partial charge in [0.2, 0.25) is 0 Å². The van der Waals surface area contributed by atoms with Crippen LogP contribution in [0.2, 0.25) is 0 Å². The lowest BCUT2D eigenvalue weighted by Gasteiger charge is -2.31. The van der Waals surface area contributed by atoms with E-state index in [9.17, 15) is 4.79 Å². The third-order valence-corrected chi connectivity index (χ3v) is 6.86. The molecule has 0 fully saturated rings. The van der Waals surface area contributed by atoms with E-state index < -0.39 is 0 Å². The van der Waals surface area contributed by atoms with Crippen molar-refractivity contribution in [2.45, 2.75) is 111 Å². The summed E-state index contributed by atoms with van der Waals surface area (Å²) in [6.07, 6.45) is 17.8. The largest absolute Gasteiger partial charge is 0.384 e. The molecule has 176 valence electrons. The van der Waals surface area contributed by atoms with Crippen LogP contribution in [-0.4, -0.2) is 17.3 Å². The summed E-state index contributed by atoms with van der Waals surface area (Å²) in [5.41, 5.74) is 3.83. The van der Waals surface area contributed by atoms with Gasteiger partial charge in [-0.1, -0.05) is 110 Å². The quantitative estimate of drug-likeness (QED) is 0.302. The van der Waals surface area contributed by atoms with Crippen LogP contribution in [0.3, 0.4) is 0 Å². The smallest absolute Gasteiger partial charge is 0.167 e. The average molecular weight is 437 g/mol. The Kier molecular flexibility index (Phi) is 9.56. The molecule has 1 aliphatic rings. The standard InChI is InChI=1S/C29H44N2O/c1-4-5-6-7-8-9-10-11-12-13-14-17-20-30-28-23-18-15-16-19-24(23)31-25-21-29(2,3)22-26(32)27(25)28/h15-16,18-19H,4-14,17,20-22H2,1-3H3,(H,30,31). The van der Waals surface area contributed by atoms with Gasteiger partial charge in [0.05, 0.1) is 22.5 Å². The predicted molar refractivity (Wildman–Crippen MR) is 138 cm³/mol. The Hall–Kier alpha value is -1.90. The van der Waals surface area contributed by atoms with E-state index in [1.54, 1.807) is 0 Å². The number of nitrogens with zero attached hydrogens (tertiary/aromatic N) is 1. The molecule has 0 saturated carbocycles. The van der Waals surface area contributed by atoms with Gasteiger partial charge in [-0.3, -0.25) is 9.78 Å². The molecule has 1 aliphatic carbocycles. The number of rotatable bonds is 14. The molecule has 1 aromatic heterocycles. The van der Waals surface area contributed by atoms with Crippen LogP contribution in [0.4, 0.5) is 5.69 Å². The Morgan fingerprint density at radius 1 is 0.844 bits per heavy atom. The first kappa shape index (κ1) is 24.7. The van der Waals surface area contributed by atoms with Crippen LogP contribution in [0.5, 0.6) is 0 Å². The third-order valence-electron chi connectivity index (χ3n) is 6.86. The number of Topliss-reactive ketones (excluding diaryl/α,β-unsaturated/α-hetero) is 1. The zero-order valence-corrected chi connectivity index (χ0v) is 20.8. The average Bonchev–Trinajstić information content (AvgIpc) is 2.75. The summed E-state index contributed by atoms with van der Waals surface area (Å²) in [5.74, 6) is 0.242. The number of unbranched alkanes of at least 4 members (excludes halogenated alkanes) is 11. The van der Waals surface area contributed by atoms with E-state index in [-0.39, 0.29) is 11.2 Å². The number of hydrogen-bond acceptors (Lipinski definition) is 3. The van der Waals surface area contributed by atoms with Crippen LogP contribution in [-0.2, 0) is 6.42 Å². The Labute approximate surface area is 195 Å². The van der Waals surface area contributed by atoms with Crippen LogP contribution in [0.15, 0.2) is 24.3 Å². The van der Waals surface area contributed by atoms with Gasteiger partial charge < -0.3 is 5.32 Å². The Balaban J connectivity index is 1.45. The number of hydrogen-bond donors (Lipinski definition) is 1. The molecular formula is C29H44N2O. The van der Waals surface area contributed by atoms with Gasteiger partial charge in [0, 0.05) is 18.4 Å². The third kappa shape index (κ3) is 7.05. The maximum Gasteiger partial charge on any atom is 0.167 e. The fourth-order valence-corrected chi connectivity index (χ4v) is 5.09. The van der Waals surface area contributed by atoms with Gasteiger partial charge >= 0.3 is 0 Å². The molecule has 0 aliphatic heterocycles. The van der Waals surface area contributed by atoms with Crippen molar-refractivity contribution in [2.75, 3.05) is 11.9 Å². The minimum Gasteiger partial charge on any atom is -0.384 e. The van der Waals surface area contributed by atoms with Crippen LogP contribution in [0.1, 0.15) is 120 Å². The molecule has 1 aromatic carbocycles. The lowest BCUT2D eigenvalue weighted by Crippen LogP contribution is -2.29. The molecular weight excluding hydrogens is 392 g/mol.